The lowest BCUT2D eigenvalue weighted by molar-refractivity contribution is 0.0690. The Labute approximate surface area is 115 Å². The number of carboxylic acid groups (broad SMARTS) is 1. The smallest absolute Gasteiger partial charge is 0.354 e. The van der Waals surface area contributed by atoms with Crippen LogP contribution in [-0.2, 0) is 6.54 Å². The van der Waals surface area contributed by atoms with Gasteiger partial charge in [0.2, 0.25) is 5.88 Å². The summed E-state index contributed by atoms with van der Waals surface area (Å²) in [6.45, 7) is 2.25. The van der Waals surface area contributed by atoms with Gasteiger partial charge >= 0.3 is 5.97 Å². The second kappa shape index (κ2) is 5.96. The number of anilines is 1. The van der Waals surface area contributed by atoms with E-state index in [0.717, 1.165) is 5.56 Å². The third-order valence-corrected chi connectivity index (χ3v) is 2.54. The zero-order valence-corrected chi connectivity index (χ0v) is 11.1. The third-order valence-electron chi connectivity index (χ3n) is 2.54. The average molecular weight is 274 g/mol. The number of hydrogen-bond acceptors (Lipinski definition) is 6. The summed E-state index contributed by atoms with van der Waals surface area (Å²) < 4.78 is 5.06. The summed E-state index contributed by atoms with van der Waals surface area (Å²) in [4.78, 5) is 22.8. The SMILES string of the molecule is COc1cc(NCc2ccc(C(=O)O)nc2)nc(C)n1. The highest BCUT2D eigenvalue weighted by Crippen LogP contribution is 2.13. The van der Waals surface area contributed by atoms with Gasteiger partial charge < -0.3 is 15.2 Å². The Kier molecular flexibility index (Phi) is 4.09. The summed E-state index contributed by atoms with van der Waals surface area (Å²) in [5.74, 6) is 0.683. The molecule has 0 aliphatic heterocycles. The van der Waals surface area contributed by atoms with Gasteiger partial charge in [-0.15, -0.1) is 0 Å². The minimum Gasteiger partial charge on any atom is -0.481 e. The van der Waals surface area contributed by atoms with Crippen molar-refractivity contribution in [2.24, 2.45) is 0 Å². The van der Waals surface area contributed by atoms with E-state index in [1.807, 2.05) is 0 Å². The van der Waals surface area contributed by atoms with Gasteiger partial charge in [0.15, 0.2) is 0 Å². The van der Waals surface area contributed by atoms with Crippen LogP contribution >= 0.6 is 0 Å². The molecule has 2 N–H and O–H groups in total. The van der Waals surface area contributed by atoms with Crippen LogP contribution in [-0.4, -0.2) is 33.1 Å². The Morgan fingerprint density at radius 3 is 2.80 bits per heavy atom. The van der Waals surface area contributed by atoms with Crippen LogP contribution in [0.25, 0.3) is 0 Å². The molecule has 0 saturated carbocycles. The minimum absolute atomic E-state index is 0.0216. The van der Waals surface area contributed by atoms with Crippen LogP contribution in [0.3, 0.4) is 0 Å². The van der Waals surface area contributed by atoms with Gasteiger partial charge in [-0.1, -0.05) is 6.07 Å². The molecule has 0 unspecified atom stereocenters. The van der Waals surface area contributed by atoms with Gasteiger partial charge in [0.05, 0.1) is 7.11 Å². The number of pyridine rings is 1. The molecule has 0 aliphatic rings. The number of ether oxygens (including phenoxy) is 1. The van der Waals surface area contributed by atoms with Crippen molar-refractivity contribution in [2.75, 3.05) is 12.4 Å². The largest absolute Gasteiger partial charge is 0.481 e. The van der Waals surface area contributed by atoms with Crippen molar-refractivity contribution in [2.45, 2.75) is 13.5 Å². The molecule has 2 rings (SSSR count). The maximum Gasteiger partial charge on any atom is 0.354 e. The van der Waals surface area contributed by atoms with Crippen molar-refractivity contribution in [3.05, 3.63) is 41.5 Å². The first-order chi connectivity index (χ1) is 9.58. The van der Waals surface area contributed by atoms with Crippen molar-refractivity contribution < 1.29 is 14.6 Å². The van der Waals surface area contributed by atoms with E-state index in [2.05, 4.69) is 20.3 Å². The Morgan fingerprint density at radius 2 is 2.20 bits per heavy atom. The monoisotopic (exact) mass is 274 g/mol. The van der Waals surface area contributed by atoms with E-state index in [4.69, 9.17) is 9.84 Å². The number of carboxylic acids is 1. The van der Waals surface area contributed by atoms with Gasteiger partial charge in [-0.05, 0) is 18.6 Å². The van der Waals surface area contributed by atoms with E-state index in [1.54, 1.807) is 26.2 Å². The van der Waals surface area contributed by atoms with Crippen molar-refractivity contribution in [3.8, 4) is 5.88 Å². The van der Waals surface area contributed by atoms with E-state index in [0.29, 0.717) is 24.1 Å². The third kappa shape index (κ3) is 3.41. The highest BCUT2D eigenvalue weighted by atomic mass is 16.5. The van der Waals surface area contributed by atoms with Gasteiger partial charge in [-0.3, -0.25) is 0 Å². The topological polar surface area (TPSA) is 97.2 Å². The van der Waals surface area contributed by atoms with E-state index < -0.39 is 5.97 Å². The van der Waals surface area contributed by atoms with Gasteiger partial charge in [-0.25, -0.2) is 14.8 Å². The zero-order valence-electron chi connectivity index (χ0n) is 11.1. The first kappa shape index (κ1) is 13.7. The van der Waals surface area contributed by atoms with E-state index in [1.165, 1.54) is 12.3 Å². The van der Waals surface area contributed by atoms with Crippen LogP contribution < -0.4 is 10.1 Å². The van der Waals surface area contributed by atoms with Crippen molar-refractivity contribution in [3.63, 3.8) is 0 Å². The molecular weight excluding hydrogens is 260 g/mol. The molecule has 20 heavy (non-hydrogen) atoms. The number of aromatic carboxylic acids is 1. The van der Waals surface area contributed by atoms with Gasteiger partial charge in [0.25, 0.3) is 0 Å². The molecule has 7 heteroatoms. The molecule has 0 aliphatic carbocycles. The molecule has 0 radical (unpaired) electrons. The molecule has 0 fully saturated rings. The quantitative estimate of drug-likeness (QED) is 0.852. The van der Waals surface area contributed by atoms with Crippen LogP contribution in [0.1, 0.15) is 21.9 Å². The summed E-state index contributed by atoms with van der Waals surface area (Å²) in [5, 5.41) is 11.9. The molecule has 104 valence electrons. The normalized spacial score (nSPS) is 10.1. The summed E-state index contributed by atoms with van der Waals surface area (Å²) >= 11 is 0. The Bertz CT molecular complexity index is 614. The number of carbonyl (C=O) groups is 1. The van der Waals surface area contributed by atoms with Crippen LogP contribution in [0.5, 0.6) is 5.88 Å². The van der Waals surface area contributed by atoms with E-state index >= 15 is 0 Å². The Hall–Kier alpha value is -2.70. The van der Waals surface area contributed by atoms with Crippen molar-refractivity contribution in [1.29, 1.82) is 0 Å². The standard InChI is InChI=1S/C13H14N4O3/c1-8-16-11(5-12(17-8)20-2)15-7-9-3-4-10(13(18)19)14-6-9/h3-6H,7H2,1-2H3,(H,18,19)(H,15,16,17). The average Bonchev–Trinajstić information content (AvgIpc) is 2.45. The summed E-state index contributed by atoms with van der Waals surface area (Å²) in [6, 6.07) is 4.85. The molecule has 0 bridgehead atoms. The summed E-state index contributed by atoms with van der Waals surface area (Å²) in [6.07, 6.45) is 1.52. The Morgan fingerprint density at radius 1 is 1.40 bits per heavy atom. The fraction of sp³-hybridized carbons (Fsp3) is 0.231. The highest BCUT2D eigenvalue weighted by molar-refractivity contribution is 5.85. The van der Waals surface area contributed by atoms with Crippen LogP contribution in [0, 0.1) is 6.92 Å². The molecular formula is C13H14N4O3. The second-order valence-corrected chi connectivity index (χ2v) is 4.05. The summed E-state index contributed by atoms with van der Waals surface area (Å²) in [7, 11) is 1.54. The van der Waals surface area contributed by atoms with Crippen molar-refractivity contribution in [1.82, 2.24) is 15.0 Å². The van der Waals surface area contributed by atoms with E-state index in [9.17, 15) is 4.79 Å². The number of nitrogens with zero attached hydrogens (tertiary/aromatic N) is 3. The number of nitrogens with one attached hydrogen (secondary N) is 1. The predicted octanol–water partition coefficient (Wildman–Crippen LogP) is 1.50. The number of methoxy groups -OCH3 is 1. The second-order valence-electron chi connectivity index (χ2n) is 4.05. The lowest BCUT2D eigenvalue weighted by Crippen LogP contribution is -2.06. The molecule has 0 saturated heterocycles. The van der Waals surface area contributed by atoms with Crippen LogP contribution in [0.4, 0.5) is 5.82 Å². The molecule has 2 aromatic rings. The molecule has 7 nitrogen and oxygen atoms in total. The van der Waals surface area contributed by atoms with Crippen LogP contribution in [0.15, 0.2) is 24.4 Å². The fourth-order valence-corrected chi connectivity index (χ4v) is 1.58. The number of rotatable bonds is 5. The molecule has 0 amide bonds. The first-order valence-electron chi connectivity index (χ1n) is 5.90. The van der Waals surface area contributed by atoms with Gasteiger partial charge in [0, 0.05) is 18.8 Å². The molecule has 0 aromatic carbocycles. The highest BCUT2D eigenvalue weighted by Gasteiger charge is 2.05. The van der Waals surface area contributed by atoms with Gasteiger partial charge in [0.1, 0.15) is 17.3 Å². The number of aromatic nitrogens is 3. The number of hydrogen-bond donors (Lipinski definition) is 2. The maximum atomic E-state index is 10.7. The molecule has 0 atom stereocenters. The van der Waals surface area contributed by atoms with Crippen molar-refractivity contribution >= 4 is 11.8 Å². The fourth-order valence-electron chi connectivity index (χ4n) is 1.58. The first-order valence-corrected chi connectivity index (χ1v) is 5.90. The lowest BCUT2D eigenvalue weighted by atomic mass is 10.2. The predicted molar refractivity (Wildman–Crippen MR) is 71.8 cm³/mol. The lowest BCUT2D eigenvalue weighted by Gasteiger charge is -2.08. The summed E-state index contributed by atoms with van der Waals surface area (Å²) in [5.41, 5.74) is 0.874. The van der Waals surface area contributed by atoms with Gasteiger partial charge in [-0.2, -0.15) is 4.98 Å². The molecule has 2 aromatic heterocycles. The Balaban J connectivity index is 2.04. The molecule has 2 heterocycles. The molecule has 0 spiro atoms. The van der Waals surface area contributed by atoms with Crippen LogP contribution in [0.2, 0.25) is 0 Å². The maximum absolute atomic E-state index is 10.7. The zero-order chi connectivity index (χ0) is 14.5. The number of aryl methyl sites for hydroxylation is 1. The van der Waals surface area contributed by atoms with E-state index in [-0.39, 0.29) is 5.69 Å². The minimum atomic E-state index is -1.04.